The zero-order valence-electron chi connectivity index (χ0n) is 22.1. The van der Waals surface area contributed by atoms with Gasteiger partial charge in [-0.25, -0.2) is 8.42 Å². The summed E-state index contributed by atoms with van der Waals surface area (Å²) in [4.78, 5) is 27.6. The molecule has 0 fully saturated rings. The number of unbranched alkanes of at least 4 members (excludes halogenated alkanes) is 1. The van der Waals surface area contributed by atoms with E-state index in [0.717, 1.165) is 30.4 Å². The third-order valence-electron chi connectivity index (χ3n) is 6.27. The number of carbonyl (C=O) groups excluding carboxylic acids is 2. The number of hydrogen-bond donors (Lipinski definition) is 1. The SMILES string of the molecule is CCCCNC(=O)[C@@H](C)N(CCc1ccccc1)C(=O)CCCN(c1ccc(CC)cc1)S(C)(=O)=O. The second-order valence-electron chi connectivity index (χ2n) is 9.10. The lowest BCUT2D eigenvalue weighted by Gasteiger charge is -2.29. The highest BCUT2D eigenvalue weighted by Crippen LogP contribution is 2.20. The molecular formula is C28H41N3O4S. The molecule has 2 amide bonds. The molecule has 198 valence electrons. The largest absolute Gasteiger partial charge is 0.354 e. The standard InChI is InChI=1S/C28H41N3O4S/c1-5-7-20-29-28(33)23(3)30(22-19-25-12-9-8-10-13-25)27(32)14-11-21-31(36(4,34)35)26-17-15-24(6-2)16-18-26/h8-10,12-13,15-18,23H,5-7,11,14,19-22H2,1-4H3,(H,29,33)/t23-/m1/s1. The molecule has 0 unspecified atom stereocenters. The molecule has 2 aromatic carbocycles. The summed E-state index contributed by atoms with van der Waals surface area (Å²) in [5.74, 6) is -0.322. The molecule has 0 heterocycles. The van der Waals surface area contributed by atoms with E-state index in [1.807, 2.05) is 49.4 Å². The summed E-state index contributed by atoms with van der Waals surface area (Å²) < 4.78 is 26.3. The second-order valence-corrected chi connectivity index (χ2v) is 11.0. The minimum absolute atomic E-state index is 0.153. The van der Waals surface area contributed by atoms with Gasteiger partial charge in [0.2, 0.25) is 21.8 Å². The fourth-order valence-corrected chi connectivity index (χ4v) is 4.97. The van der Waals surface area contributed by atoms with Crippen LogP contribution in [0, 0.1) is 0 Å². The van der Waals surface area contributed by atoms with Crippen molar-refractivity contribution in [3.8, 4) is 0 Å². The van der Waals surface area contributed by atoms with Crippen LogP contribution in [0.4, 0.5) is 5.69 Å². The first-order chi connectivity index (χ1) is 17.2. The molecule has 0 aliphatic carbocycles. The highest BCUT2D eigenvalue weighted by Gasteiger charge is 2.26. The lowest BCUT2D eigenvalue weighted by molar-refractivity contribution is -0.139. The van der Waals surface area contributed by atoms with Gasteiger partial charge in [-0.15, -0.1) is 0 Å². The number of nitrogens with one attached hydrogen (secondary N) is 1. The predicted molar refractivity (Wildman–Crippen MR) is 146 cm³/mol. The van der Waals surface area contributed by atoms with Crippen LogP contribution in [0.5, 0.6) is 0 Å². The topological polar surface area (TPSA) is 86.8 Å². The molecule has 0 spiro atoms. The van der Waals surface area contributed by atoms with Gasteiger partial charge < -0.3 is 10.2 Å². The van der Waals surface area contributed by atoms with Crippen LogP contribution in [-0.2, 0) is 32.5 Å². The van der Waals surface area contributed by atoms with Gasteiger partial charge >= 0.3 is 0 Å². The summed E-state index contributed by atoms with van der Waals surface area (Å²) in [6.45, 7) is 7.05. The molecule has 0 aliphatic heterocycles. The summed E-state index contributed by atoms with van der Waals surface area (Å²) in [6.07, 6.45) is 5.06. The molecule has 0 saturated heterocycles. The number of carbonyl (C=O) groups is 2. The molecule has 0 aromatic heterocycles. The van der Waals surface area contributed by atoms with Gasteiger partial charge in [-0.2, -0.15) is 0 Å². The van der Waals surface area contributed by atoms with Gasteiger partial charge in [-0.3, -0.25) is 13.9 Å². The number of anilines is 1. The summed E-state index contributed by atoms with van der Waals surface area (Å²) in [5.41, 5.74) is 2.81. The number of benzene rings is 2. The number of rotatable bonds is 15. The molecule has 7 nitrogen and oxygen atoms in total. The Labute approximate surface area is 216 Å². The van der Waals surface area contributed by atoms with Crippen molar-refractivity contribution < 1.29 is 18.0 Å². The van der Waals surface area contributed by atoms with Crippen molar-refractivity contribution >= 4 is 27.5 Å². The van der Waals surface area contributed by atoms with Crippen LogP contribution in [0.25, 0.3) is 0 Å². The van der Waals surface area contributed by atoms with Crippen LogP contribution in [0.2, 0.25) is 0 Å². The Kier molecular flexibility index (Phi) is 11.9. The molecular weight excluding hydrogens is 474 g/mol. The van der Waals surface area contributed by atoms with Crippen molar-refractivity contribution in [2.75, 3.05) is 30.2 Å². The van der Waals surface area contributed by atoms with Crippen LogP contribution >= 0.6 is 0 Å². The minimum atomic E-state index is -3.50. The van der Waals surface area contributed by atoms with Crippen LogP contribution < -0.4 is 9.62 Å². The van der Waals surface area contributed by atoms with Crippen molar-refractivity contribution in [1.82, 2.24) is 10.2 Å². The quantitative estimate of drug-likeness (QED) is 0.361. The van der Waals surface area contributed by atoms with E-state index in [9.17, 15) is 18.0 Å². The average Bonchev–Trinajstić information content (AvgIpc) is 2.86. The van der Waals surface area contributed by atoms with Gasteiger partial charge in [0.25, 0.3) is 0 Å². The Bertz CT molecular complexity index is 1060. The van der Waals surface area contributed by atoms with E-state index >= 15 is 0 Å². The maximum atomic E-state index is 13.3. The van der Waals surface area contributed by atoms with Crippen LogP contribution in [0.15, 0.2) is 54.6 Å². The number of aryl methyl sites for hydroxylation is 1. The van der Waals surface area contributed by atoms with Gasteiger partial charge in [0.15, 0.2) is 0 Å². The summed E-state index contributed by atoms with van der Waals surface area (Å²) in [6, 6.07) is 16.7. The summed E-state index contributed by atoms with van der Waals surface area (Å²) in [7, 11) is -3.50. The zero-order valence-corrected chi connectivity index (χ0v) is 22.9. The Morgan fingerprint density at radius 1 is 0.917 bits per heavy atom. The van der Waals surface area contributed by atoms with Crippen molar-refractivity contribution in [2.24, 2.45) is 0 Å². The van der Waals surface area contributed by atoms with Gasteiger partial charge in [0.05, 0.1) is 11.9 Å². The van der Waals surface area contributed by atoms with Crippen molar-refractivity contribution in [3.05, 3.63) is 65.7 Å². The van der Waals surface area contributed by atoms with E-state index in [2.05, 4.69) is 12.2 Å². The third kappa shape index (κ3) is 9.30. The first-order valence-corrected chi connectivity index (χ1v) is 14.7. The Hall–Kier alpha value is -2.87. The smallest absolute Gasteiger partial charge is 0.242 e. The zero-order chi connectivity index (χ0) is 26.6. The lowest BCUT2D eigenvalue weighted by atomic mass is 10.1. The normalized spacial score (nSPS) is 12.1. The fourth-order valence-electron chi connectivity index (χ4n) is 4.01. The Morgan fingerprint density at radius 2 is 1.58 bits per heavy atom. The third-order valence-corrected chi connectivity index (χ3v) is 7.46. The number of sulfonamides is 1. The minimum Gasteiger partial charge on any atom is -0.354 e. The molecule has 0 bridgehead atoms. The first-order valence-electron chi connectivity index (χ1n) is 12.8. The van der Waals surface area contributed by atoms with E-state index in [-0.39, 0.29) is 24.8 Å². The second kappa shape index (κ2) is 14.6. The van der Waals surface area contributed by atoms with Crippen LogP contribution in [0.3, 0.4) is 0 Å². The van der Waals surface area contributed by atoms with Gasteiger partial charge in [-0.05, 0) is 55.9 Å². The molecule has 1 atom stereocenters. The first kappa shape index (κ1) is 29.4. The maximum Gasteiger partial charge on any atom is 0.242 e. The molecule has 36 heavy (non-hydrogen) atoms. The number of amides is 2. The van der Waals surface area contributed by atoms with Crippen molar-refractivity contribution in [2.45, 2.75) is 65.3 Å². The summed E-state index contributed by atoms with van der Waals surface area (Å²) >= 11 is 0. The van der Waals surface area contributed by atoms with Gasteiger partial charge in [-0.1, -0.05) is 62.7 Å². The van der Waals surface area contributed by atoms with E-state index < -0.39 is 16.1 Å². The van der Waals surface area contributed by atoms with Gasteiger partial charge in [0.1, 0.15) is 6.04 Å². The van der Waals surface area contributed by atoms with Crippen LogP contribution in [-0.4, -0.2) is 57.1 Å². The van der Waals surface area contributed by atoms with Crippen LogP contribution in [0.1, 0.15) is 57.6 Å². The van der Waals surface area contributed by atoms with E-state index in [0.29, 0.717) is 31.6 Å². The monoisotopic (exact) mass is 515 g/mol. The summed E-state index contributed by atoms with van der Waals surface area (Å²) in [5, 5.41) is 2.92. The fraction of sp³-hybridized carbons (Fsp3) is 0.500. The predicted octanol–water partition coefficient (Wildman–Crippen LogP) is 4.17. The Morgan fingerprint density at radius 3 is 2.17 bits per heavy atom. The maximum absolute atomic E-state index is 13.3. The molecule has 8 heteroatoms. The van der Waals surface area contributed by atoms with Crippen molar-refractivity contribution in [3.63, 3.8) is 0 Å². The highest BCUT2D eigenvalue weighted by atomic mass is 32.2. The average molecular weight is 516 g/mol. The lowest BCUT2D eigenvalue weighted by Crippen LogP contribution is -2.49. The van der Waals surface area contributed by atoms with E-state index in [4.69, 9.17) is 0 Å². The van der Waals surface area contributed by atoms with E-state index in [1.165, 1.54) is 10.6 Å². The number of nitrogens with zero attached hydrogens (tertiary/aromatic N) is 2. The number of hydrogen-bond acceptors (Lipinski definition) is 4. The highest BCUT2D eigenvalue weighted by molar-refractivity contribution is 7.92. The van der Waals surface area contributed by atoms with E-state index in [1.54, 1.807) is 24.0 Å². The van der Waals surface area contributed by atoms with Crippen molar-refractivity contribution in [1.29, 1.82) is 0 Å². The molecule has 0 saturated carbocycles. The molecule has 1 N–H and O–H groups in total. The molecule has 0 radical (unpaired) electrons. The Balaban J connectivity index is 2.08. The molecule has 2 rings (SSSR count). The van der Waals surface area contributed by atoms with Gasteiger partial charge in [0, 0.05) is 26.1 Å². The molecule has 0 aliphatic rings. The molecule has 2 aromatic rings.